The van der Waals surface area contributed by atoms with Gasteiger partial charge in [0.1, 0.15) is 0 Å². The molecule has 0 bridgehead atoms. The van der Waals surface area contributed by atoms with Crippen molar-refractivity contribution in [2.24, 2.45) is 0 Å². The molecule has 158 valence electrons. The van der Waals surface area contributed by atoms with Gasteiger partial charge < -0.3 is 14.4 Å². The second-order valence-corrected chi connectivity index (χ2v) is 6.79. The number of amides is 1. The molecule has 1 aromatic heterocycles. The number of halogens is 3. The Morgan fingerprint density at radius 2 is 2.00 bits per heavy atom. The maximum atomic E-state index is 12.8. The summed E-state index contributed by atoms with van der Waals surface area (Å²) in [5, 5.41) is 4.73. The number of aromatic nitrogens is 2. The van der Waals surface area contributed by atoms with Crippen molar-refractivity contribution < 1.29 is 23.0 Å². The number of nitrogens with zero attached hydrogens (tertiary/aromatic N) is 3. The highest BCUT2D eigenvalue weighted by Crippen LogP contribution is 2.30. The topological polar surface area (TPSA) is 56.6 Å². The van der Waals surface area contributed by atoms with Crippen LogP contribution in [0.2, 0.25) is 5.02 Å². The largest absolute Gasteiger partial charge is 0.490 e. The summed E-state index contributed by atoms with van der Waals surface area (Å²) in [5.74, 6) is -0.104. The Balaban J connectivity index is 1.74. The maximum absolute atomic E-state index is 12.8. The van der Waals surface area contributed by atoms with E-state index in [1.54, 1.807) is 44.4 Å². The Labute approximate surface area is 177 Å². The van der Waals surface area contributed by atoms with Crippen molar-refractivity contribution in [3.63, 3.8) is 0 Å². The summed E-state index contributed by atoms with van der Waals surface area (Å²) >= 11 is 6.18. The van der Waals surface area contributed by atoms with Crippen LogP contribution in [-0.2, 0) is 6.54 Å². The number of carbonyl (C=O) groups excluding carboxylic acids is 1. The van der Waals surface area contributed by atoms with E-state index in [0.29, 0.717) is 28.4 Å². The standard InChI is InChI=1S/C21H20ClF2N3O3/c1-3-29-19-10-14(8-9-18(19)30-21(23)24)12-26(2)20(28)15-11-25-27(13-15)17-7-5-4-6-16(17)22/h4-11,13,21H,3,12H2,1-2H3. The first-order chi connectivity index (χ1) is 14.4. The van der Waals surface area contributed by atoms with Crippen molar-refractivity contribution in [3.8, 4) is 17.2 Å². The number of hydrogen-bond donors (Lipinski definition) is 0. The quantitative estimate of drug-likeness (QED) is 0.510. The molecule has 0 aliphatic carbocycles. The van der Waals surface area contributed by atoms with Gasteiger partial charge in [-0.05, 0) is 36.8 Å². The van der Waals surface area contributed by atoms with Gasteiger partial charge in [0.05, 0.1) is 29.1 Å². The van der Waals surface area contributed by atoms with Crippen LogP contribution in [0.25, 0.3) is 5.69 Å². The molecule has 1 heterocycles. The summed E-state index contributed by atoms with van der Waals surface area (Å²) in [6.45, 7) is -0.677. The smallest absolute Gasteiger partial charge is 0.387 e. The minimum Gasteiger partial charge on any atom is -0.490 e. The SMILES string of the molecule is CCOc1cc(CN(C)C(=O)c2cnn(-c3ccccc3Cl)c2)ccc1OC(F)F. The monoisotopic (exact) mass is 435 g/mol. The molecule has 3 rings (SSSR count). The van der Waals surface area contributed by atoms with Crippen LogP contribution in [0.3, 0.4) is 0 Å². The summed E-state index contributed by atoms with van der Waals surface area (Å²) in [7, 11) is 1.64. The summed E-state index contributed by atoms with van der Waals surface area (Å²) in [4.78, 5) is 14.3. The number of rotatable bonds is 8. The van der Waals surface area contributed by atoms with Crippen LogP contribution in [0.15, 0.2) is 54.9 Å². The second kappa shape index (κ2) is 9.58. The summed E-state index contributed by atoms with van der Waals surface area (Å²) < 4.78 is 36.5. The van der Waals surface area contributed by atoms with Gasteiger partial charge in [0.15, 0.2) is 11.5 Å². The fraction of sp³-hybridized carbons (Fsp3) is 0.238. The average Bonchev–Trinajstić information content (AvgIpc) is 3.19. The molecule has 0 saturated carbocycles. The van der Waals surface area contributed by atoms with Crippen LogP contribution in [0, 0.1) is 0 Å². The Bertz CT molecular complexity index is 1030. The number of carbonyl (C=O) groups is 1. The first-order valence-corrected chi connectivity index (χ1v) is 9.52. The van der Waals surface area contributed by atoms with Crippen LogP contribution in [0.4, 0.5) is 8.78 Å². The van der Waals surface area contributed by atoms with Gasteiger partial charge in [0.2, 0.25) is 0 Å². The highest BCUT2D eigenvalue weighted by Gasteiger charge is 2.17. The van der Waals surface area contributed by atoms with E-state index in [-0.39, 0.29) is 24.0 Å². The van der Waals surface area contributed by atoms with Crippen LogP contribution in [0.1, 0.15) is 22.8 Å². The first-order valence-electron chi connectivity index (χ1n) is 9.14. The van der Waals surface area contributed by atoms with E-state index in [9.17, 15) is 13.6 Å². The molecule has 0 radical (unpaired) electrons. The molecule has 3 aromatic rings. The van der Waals surface area contributed by atoms with E-state index >= 15 is 0 Å². The van der Waals surface area contributed by atoms with Gasteiger partial charge in [0.25, 0.3) is 5.91 Å². The van der Waals surface area contributed by atoms with E-state index in [1.165, 1.54) is 21.8 Å². The molecule has 6 nitrogen and oxygen atoms in total. The van der Waals surface area contributed by atoms with E-state index in [2.05, 4.69) is 9.84 Å². The van der Waals surface area contributed by atoms with E-state index in [0.717, 1.165) is 0 Å². The number of benzene rings is 2. The molecule has 0 aliphatic rings. The summed E-state index contributed by atoms with van der Waals surface area (Å²) in [6.07, 6.45) is 3.07. The molecular weight excluding hydrogens is 416 g/mol. The second-order valence-electron chi connectivity index (χ2n) is 6.38. The van der Waals surface area contributed by atoms with Crippen molar-refractivity contribution in [2.75, 3.05) is 13.7 Å². The molecular formula is C21H20ClF2N3O3. The Kier molecular flexibility index (Phi) is 6.89. The van der Waals surface area contributed by atoms with Crippen molar-refractivity contribution in [1.82, 2.24) is 14.7 Å². The molecule has 0 spiro atoms. The lowest BCUT2D eigenvalue weighted by Gasteiger charge is -2.18. The van der Waals surface area contributed by atoms with Gasteiger partial charge in [0, 0.05) is 19.8 Å². The van der Waals surface area contributed by atoms with Crippen molar-refractivity contribution in [2.45, 2.75) is 20.1 Å². The first kappa shape index (κ1) is 21.6. The fourth-order valence-corrected chi connectivity index (χ4v) is 3.10. The third kappa shape index (κ3) is 5.07. The molecule has 2 aromatic carbocycles. The lowest BCUT2D eigenvalue weighted by atomic mass is 10.2. The molecule has 0 unspecified atom stereocenters. The summed E-state index contributed by atoms with van der Waals surface area (Å²) in [5.41, 5.74) is 1.76. The van der Waals surface area contributed by atoms with Crippen molar-refractivity contribution >= 4 is 17.5 Å². The predicted octanol–water partition coefficient (Wildman–Crippen LogP) is 4.80. The minimum absolute atomic E-state index is 0.0504. The lowest BCUT2D eigenvalue weighted by Crippen LogP contribution is -2.25. The van der Waals surface area contributed by atoms with Gasteiger partial charge in [-0.1, -0.05) is 29.8 Å². The number of ether oxygens (including phenoxy) is 2. The zero-order valence-electron chi connectivity index (χ0n) is 16.4. The van der Waals surface area contributed by atoms with Crippen molar-refractivity contribution in [1.29, 1.82) is 0 Å². The molecule has 9 heteroatoms. The van der Waals surface area contributed by atoms with Gasteiger partial charge >= 0.3 is 6.61 Å². The minimum atomic E-state index is -2.95. The zero-order valence-corrected chi connectivity index (χ0v) is 17.1. The van der Waals surface area contributed by atoms with Gasteiger partial charge in [-0.15, -0.1) is 0 Å². The van der Waals surface area contributed by atoms with E-state index < -0.39 is 6.61 Å². The van der Waals surface area contributed by atoms with Crippen molar-refractivity contribution in [3.05, 3.63) is 71.0 Å². The summed E-state index contributed by atoms with van der Waals surface area (Å²) in [6, 6.07) is 11.8. The Morgan fingerprint density at radius 1 is 1.23 bits per heavy atom. The van der Waals surface area contributed by atoms with Crippen LogP contribution in [-0.4, -0.2) is 40.9 Å². The average molecular weight is 436 g/mol. The van der Waals surface area contributed by atoms with Crippen LogP contribution >= 0.6 is 11.6 Å². The molecule has 0 saturated heterocycles. The highest BCUT2D eigenvalue weighted by molar-refractivity contribution is 6.32. The number of hydrogen-bond acceptors (Lipinski definition) is 4. The molecule has 0 atom stereocenters. The number of para-hydroxylation sites is 1. The molecule has 30 heavy (non-hydrogen) atoms. The Morgan fingerprint density at radius 3 is 2.70 bits per heavy atom. The third-order valence-corrected chi connectivity index (χ3v) is 4.54. The normalized spacial score (nSPS) is 10.9. The predicted molar refractivity (Wildman–Crippen MR) is 109 cm³/mol. The van der Waals surface area contributed by atoms with E-state index in [4.69, 9.17) is 16.3 Å². The molecule has 0 fully saturated rings. The van der Waals surface area contributed by atoms with Gasteiger partial charge in [-0.3, -0.25) is 4.79 Å². The number of alkyl halides is 2. The molecule has 0 N–H and O–H groups in total. The lowest BCUT2D eigenvalue weighted by molar-refractivity contribution is -0.0514. The third-order valence-electron chi connectivity index (χ3n) is 4.22. The van der Waals surface area contributed by atoms with Gasteiger partial charge in [-0.2, -0.15) is 13.9 Å². The zero-order chi connectivity index (χ0) is 21.7. The fourth-order valence-electron chi connectivity index (χ4n) is 2.88. The Hall–Kier alpha value is -3.13. The maximum Gasteiger partial charge on any atom is 0.387 e. The van der Waals surface area contributed by atoms with Gasteiger partial charge in [-0.25, -0.2) is 4.68 Å². The molecule has 0 aliphatic heterocycles. The molecule has 1 amide bonds. The van der Waals surface area contributed by atoms with Crippen LogP contribution in [0.5, 0.6) is 11.5 Å². The van der Waals surface area contributed by atoms with Crippen LogP contribution < -0.4 is 9.47 Å². The van der Waals surface area contributed by atoms with E-state index in [1.807, 2.05) is 12.1 Å². The highest BCUT2D eigenvalue weighted by atomic mass is 35.5.